The van der Waals surface area contributed by atoms with Crippen LogP contribution in [0.25, 0.3) is 0 Å². The fourth-order valence-corrected chi connectivity index (χ4v) is 2.74. The van der Waals surface area contributed by atoms with E-state index in [1.54, 1.807) is 0 Å². The molecule has 0 spiro atoms. The molecule has 0 bridgehead atoms. The molecule has 0 fully saturated rings. The molecule has 1 aromatic rings. The smallest absolute Gasteiger partial charge is 0.417 e. The van der Waals surface area contributed by atoms with Gasteiger partial charge in [0.2, 0.25) is 0 Å². The van der Waals surface area contributed by atoms with Crippen LogP contribution in [0.3, 0.4) is 0 Å². The first-order valence-electron chi connectivity index (χ1n) is 5.09. The SMILES string of the molecule is COc1cccc(C(F)(F)F)c1S(=O)(=O)OCO[PH](=O)O. The van der Waals surface area contributed by atoms with Crippen LogP contribution in [0.2, 0.25) is 0 Å². The van der Waals surface area contributed by atoms with Gasteiger partial charge in [0.1, 0.15) is 10.6 Å². The second-order valence-electron chi connectivity index (χ2n) is 3.43. The molecule has 12 heteroatoms. The van der Waals surface area contributed by atoms with Crippen LogP contribution in [0.1, 0.15) is 5.56 Å². The molecule has 0 heterocycles. The van der Waals surface area contributed by atoms with Crippen molar-refractivity contribution in [2.24, 2.45) is 0 Å². The number of hydrogen-bond donors (Lipinski definition) is 1. The Hall–Kier alpha value is -1.13. The van der Waals surface area contributed by atoms with Crippen LogP contribution in [0.4, 0.5) is 13.2 Å². The third-order valence-corrected chi connectivity index (χ3v) is 3.83. The molecule has 0 amide bonds. The van der Waals surface area contributed by atoms with Crippen LogP contribution in [0, 0.1) is 0 Å². The van der Waals surface area contributed by atoms with Crippen molar-refractivity contribution in [1.82, 2.24) is 0 Å². The maximum absolute atomic E-state index is 12.9. The van der Waals surface area contributed by atoms with E-state index < -0.39 is 47.6 Å². The summed E-state index contributed by atoms with van der Waals surface area (Å²) in [5.41, 5.74) is -1.49. The summed E-state index contributed by atoms with van der Waals surface area (Å²) in [5, 5.41) is 0. The number of rotatable bonds is 6. The molecular formula is C9H10F3O7PS. The quantitative estimate of drug-likeness (QED) is 0.474. The van der Waals surface area contributed by atoms with Crippen LogP contribution in [0.15, 0.2) is 23.1 Å². The van der Waals surface area contributed by atoms with Crippen LogP contribution >= 0.6 is 8.25 Å². The van der Waals surface area contributed by atoms with Gasteiger partial charge in [-0.05, 0) is 12.1 Å². The zero-order valence-electron chi connectivity index (χ0n) is 10.4. The highest BCUT2D eigenvalue weighted by Gasteiger charge is 2.39. The molecule has 21 heavy (non-hydrogen) atoms. The second kappa shape index (κ2) is 6.75. The van der Waals surface area contributed by atoms with Gasteiger partial charge in [0.15, 0.2) is 6.79 Å². The van der Waals surface area contributed by atoms with Crippen molar-refractivity contribution in [3.05, 3.63) is 23.8 Å². The van der Waals surface area contributed by atoms with Gasteiger partial charge in [-0.15, -0.1) is 0 Å². The first-order chi connectivity index (χ1) is 9.59. The molecule has 0 aliphatic rings. The molecule has 1 aromatic carbocycles. The first kappa shape index (κ1) is 17.9. The Bertz CT molecular complexity index is 629. The van der Waals surface area contributed by atoms with Crippen molar-refractivity contribution in [3.63, 3.8) is 0 Å². The highest BCUT2D eigenvalue weighted by Crippen LogP contribution is 2.39. The van der Waals surface area contributed by atoms with Gasteiger partial charge < -0.3 is 9.63 Å². The van der Waals surface area contributed by atoms with Gasteiger partial charge in [0.25, 0.3) is 0 Å². The molecule has 0 radical (unpaired) electrons. The Morgan fingerprint density at radius 3 is 2.43 bits per heavy atom. The number of ether oxygens (including phenoxy) is 1. The largest absolute Gasteiger partial charge is 0.495 e. The number of alkyl halides is 3. The summed E-state index contributed by atoms with van der Waals surface area (Å²) in [6.07, 6.45) is -4.97. The van der Waals surface area contributed by atoms with Crippen molar-refractivity contribution < 1.29 is 44.5 Å². The fraction of sp³-hybridized carbons (Fsp3) is 0.333. The van der Waals surface area contributed by atoms with Crippen molar-refractivity contribution in [2.45, 2.75) is 11.1 Å². The third-order valence-electron chi connectivity index (χ3n) is 2.14. The molecule has 7 nitrogen and oxygen atoms in total. The molecule has 0 saturated carbocycles. The number of hydrogen-bond acceptors (Lipinski definition) is 6. The van der Waals surface area contributed by atoms with E-state index >= 15 is 0 Å². The summed E-state index contributed by atoms with van der Waals surface area (Å²) in [4.78, 5) is 7.11. The molecular weight excluding hydrogens is 340 g/mol. The van der Waals surface area contributed by atoms with E-state index in [-0.39, 0.29) is 0 Å². The van der Waals surface area contributed by atoms with E-state index in [2.05, 4.69) is 13.4 Å². The monoisotopic (exact) mass is 350 g/mol. The average molecular weight is 350 g/mol. The summed E-state index contributed by atoms with van der Waals surface area (Å²) in [7, 11) is -7.42. The molecule has 120 valence electrons. The summed E-state index contributed by atoms with van der Waals surface area (Å²) < 4.78 is 85.1. The van der Waals surface area contributed by atoms with Crippen molar-refractivity contribution >= 4 is 18.4 Å². The van der Waals surface area contributed by atoms with E-state index in [1.165, 1.54) is 0 Å². The highest BCUT2D eigenvalue weighted by atomic mass is 32.2. The molecule has 0 saturated heterocycles. The molecule has 1 atom stereocenters. The minimum atomic E-state index is -4.97. The van der Waals surface area contributed by atoms with Crippen molar-refractivity contribution in [2.75, 3.05) is 13.9 Å². The van der Waals surface area contributed by atoms with Crippen molar-refractivity contribution in [1.29, 1.82) is 0 Å². The van der Waals surface area contributed by atoms with Gasteiger partial charge in [-0.3, -0.25) is 9.09 Å². The second-order valence-corrected chi connectivity index (χ2v) is 5.81. The van der Waals surface area contributed by atoms with Gasteiger partial charge in [-0.2, -0.15) is 21.6 Å². The van der Waals surface area contributed by atoms with Crippen LogP contribution in [-0.4, -0.2) is 27.2 Å². The summed E-state index contributed by atoms with van der Waals surface area (Å²) in [6.45, 7) is -1.20. The molecule has 1 N–H and O–H groups in total. The van der Waals surface area contributed by atoms with Gasteiger partial charge in [0.05, 0.1) is 12.7 Å². The summed E-state index contributed by atoms with van der Waals surface area (Å²) in [6, 6.07) is 2.50. The maximum Gasteiger partial charge on any atom is 0.417 e. The Morgan fingerprint density at radius 2 is 1.95 bits per heavy atom. The van der Waals surface area contributed by atoms with Gasteiger partial charge in [-0.25, -0.2) is 4.18 Å². The number of methoxy groups -OCH3 is 1. The third kappa shape index (κ3) is 4.68. The van der Waals surface area contributed by atoms with E-state index in [0.717, 1.165) is 19.2 Å². The topological polar surface area (TPSA) is 99.1 Å². The zero-order valence-corrected chi connectivity index (χ0v) is 12.2. The summed E-state index contributed by atoms with van der Waals surface area (Å²) in [5.74, 6) is -0.582. The average Bonchev–Trinajstić information content (AvgIpc) is 2.36. The Kier molecular flexibility index (Phi) is 5.76. The number of benzene rings is 1. The normalized spacial score (nSPS) is 14.0. The van der Waals surface area contributed by atoms with Crippen molar-refractivity contribution in [3.8, 4) is 5.75 Å². The Morgan fingerprint density at radius 1 is 1.33 bits per heavy atom. The minimum Gasteiger partial charge on any atom is -0.495 e. The lowest BCUT2D eigenvalue weighted by Crippen LogP contribution is -2.17. The lowest BCUT2D eigenvalue weighted by atomic mass is 10.2. The Balaban J connectivity index is 3.29. The molecule has 0 aliphatic heterocycles. The van der Waals surface area contributed by atoms with Crippen LogP contribution < -0.4 is 4.74 Å². The van der Waals surface area contributed by atoms with Crippen LogP contribution in [-0.2, 0) is 29.6 Å². The fourth-order valence-electron chi connectivity index (χ4n) is 1.35. The lowest BCUT2D eigenvalue weighted by Gasteiger charge is -2.15. The van der Waals surface area contributed by atoms with Gasteiger partial charge >= 0.3 is 24.5 Å². The van der Waals surface area contributed by atoms with E-state index in [9.17, 15) is 26.2 Å². The number of halogens is 3. The van der Waals surface area contributed by atoms with E-state index in [0.29, 0.717) is 6.07 Å². The standard InChI is InChI=1S/C9H10F3O7PS/c1-17-7-4-2-3-6(9(10,11)12)8(7)21(15,16)19-5-18-20(13)14/h2-4,20H,5H2,1H3,(H,13,14). The van der Waals surface area contributed by atoms with E-state index in [4.69, 9.17) is 4.89 Å². The van der Waals surface area contributed by atoms with Gasteiger partial charge in [-0.1, -0.05) is 6.07 Å². The summed E-state index contributed by atoms with van der Waals surface area (Å²) >= 11 is 0. The molecule has 0 aliphatic carbocycles. The first-order valence-corrected chi connectivity index (χ1v) is 7.76. The zero-order chi connectivity index (χ0) is 16.3. The lowest BCUT2D eigenvalue weighted by molar-refractivity contribution is -0.140. The van der Waals surface area contributed by atoms with Crippen LogP contribution in [0.5, 0.6) is 5.75 Å². The highest BCUT2D eigenvalue weighted by molar-refractivity contribution is 7.87. The minimum absolute atomic E-state index is 0.536. The predicted molar refractivity (Wildman–Crippen MR) is 63.4 cm³/mol. The van der Waals surface area contributed by atoms with Gasteiger partial charge in [0, 0.05) is 0 Å². The predicted octanol–water partition coefficient (Wildman–Crippen LogP) is 1.78. The maximum atomic E-state index is 12.9. The molecule has 0 aromatic heterocycles. The Labute approximate surface area is 118 Å². The van der Waals surface area contributed by atoms with E-state index in [1.807, 2.05) is 0 Å². The molecule has 1 unspecified atom stereocenters. The molecule has 1 rings (SSSR count).